The predicted molar refractivity (Wildman–Crippen MR) is 56.4 cm³/mol. The van der Waals surface area contributed by atoms with Crippen LogP contribution in [0.3, 0.4) is 0 Å². The number of nitrogen functional groups attached to an aromatic ring is 1. The number of aliphatic hydroxyl groups excluding tert-OH is 1. The van der Waals surface area contributed by atoms with Gasteiger partial charge in [-0.1, -0.05) is 0 Å². The molecule has 0 fully saturated rings. The number of aryl methyl sites for hydroxylation is 1. The first-order valence-electron chi connectivity index (χ1n) is 4.76. The smallest absolute Gasteiger partial charge is 0.165 e. The van der Waals surface area contributed by atoms with Gasteiger partial charge in [-0.05, 0) is 0 Å². The third kappa shape index (κ3) is 1.84. The molecule has 2 aromatic rings. The van der Waals surface area contributed by atoms with Crippen molar-refractivity contribution in [1.29, 1.82) is 0 Å². The number of fused-ring (bicyclic) bond motifs is 1. The highest BCUT2D eigenvalue weighted by atomic mass is 16.3. The number of hydrogen-bond donors (Lipinski definition) is 2. The molecule has 0 spiro atoms. The Bertz CT molecular complexity index is 522. The third-order valence-electron chi connectivity index (χ3n) is 2.24. The summed E-state index contributed by atoms with van der Waals surface area (Å²) in [5, 5.41) is 8.60. The summed E-state index contributed by atoms with van der Waals surface area (Å²) in [4.78, 5) is 22.9. The monoisotopic (exact) mass is 221 g/mol. The molecule has 0 aromatic carbocycles. The van der Waals surface area contributed by atoms with Crippen molar-refractivity contribution in [3.05, 3.63) is 12.7 Å². The molecule has 0 saturated carbocycles. The van der Waals surface area contributed by atoms with Crippen molar-refractivity contribution in [3.8, 4) is 0 Å². The fraction of sp³-hybridized carbons (Fsp3) is 0.333. The summed E-state index contributed by atoms with van der Waals surface area (Å²) in [6, 6.07) is 0. The number of rotatable bonds is 4. The molecule has 0 aliphatic heterocycles. The number of aliphatic hydroxyl groups is 1. The van der Waals surface area contributed by atoms with Crippen LogP contribution in [0, 0.1) is 0 Å². The SMILES string of the molecule is Nc1ncnc2c1ncn2CCC(=O)CO. The largest absolute Gasteiger partial charge is 0.389 e. The molecule has 2 heterocycles. The van der Waals surface area contributed by atoms with Gasteiger partial charge in [0.05, 0.1) is 6.33 Å². The second-order valence-corrected chi connectivity index (χ2v) is 3.32. The van der Waals surface area contributed by atoms with E-state index in [1.54, 1.807) is 10.9 Å². The molecule has 0 saturated heterocycles. The first-order chi connectivity index (χ1) is 7.72. The van der Waals surface area contributed by atoms with E-state index < -0.39 is 6.61 Å². The second-order valence-electron chi connectivity index (χ2n) is 3.32. The van der Waals surface area contributed by atoms with Crippen LogP contribution in [0.25, 0.3) is 11.2 Å². The third-order valence-corrected chi connectivity index (χ3v) is 2.24. The van der Waals surface area contributed by atoms with Crippen LogP contribution < -0.4 is 5.73 Å². The number of nitrogens with two attached hydrogens (primary N) is 1. The lowest BCUT2D eigenvalue weighted by Crippen LogP contribution is -2.08. The van der Waals surface area contributed by atoms with Crippen molar-refractivity contribution in [1.82, 2.24) is 19.5 Å². The molecule has 16 heavy (non-hydrogen) atoms. The Balaban J connectivity index is 2.25. The average molecular weight is 221 g/mol. The maximum atomic E-state index is 11.0. The Morgan fingerprint density at radius 2 is 2.25 bits per heavy atom. The molecule has 3 N–H and O–H groups in total. The zero-order valence-corrected chi connectivity index (χ0v) is 8.50. The van der Waals surface area contributed by atoms with Crippen molar-refractivity contribution >= 4 is 22.8 Å². The number of carbonyl (C=O) groups is 1. The molecule has 0 amide bonds. The zero-order chi connectivity index (χ0) is 11.5. The molecule has 7 heteroatoms. The van der Waals surface area contributed by atoms with Crippen LogP contribution in [-0.4, -0.2) is 37.0 Å². The second kappa shape index (κ2) is 4.23. The van der Waals surface area contributed by atoms with Gasteiger partial charge in [0.1, 0.15) is 18.5 Å². The Morgan fingerprint density at radius 3 is 3.00 bits per heavy atom. The first-order valence-corrected chi connectivity index (χ1v) is 4.76. The molecule has 2 aromatic heterocycles. The molecular weight excluding hydrogens is 210 g/mol. The van der Waals surface area contributed by atoms with E-state index in [0.717, 1.165) is 0 Å². The van der Waals surface area contributed by atoms with Gasteiger partial charge in [-0.15, -0.1) is 0 Å². The number of Topliss-reactive ketones (excluding diaryl/α,β-unsaturated/α-hetero) is 1. The number of carbonyl (C=O) groups excluding carboxylic acids is 1. The summed E-state index contributed by atoms with van der Waals surface area (Å²) in [5.41, 5.74) is 6.74. The van der Waals surface area contributed by atoms with E-state index in [1.807, 2.05) is 0 Å². The lowest BCUT2D eigenvalue weighted by molar-refractivity contribution is -0.121. The number of nitrogens with zero attached hydrogens (tertiary/aromatic N) is 4. The molecule has 0 aliphatic carbocycles. The highest BCUT2D eigenvalue weighted by Gasteiger charge is 2.08. The highest BCUT2D eigenvalue weighted by molar-refractivity contribution is 5.82. The summed E-state index contributed by atoms with van der Waals surface area (Å²) in [7, 11) is 0. The van der Waals surface area contributed by atoms with Crippen LogP contribution in [0.2, 0.25) is 0 Å². The number of imidazole rings is 1. The first kappa shape index (κ1) is 10.5. The van der Waals surface area contributed by atoms with Gasteiger partial charge < -0.3 is 15.4 Å². The van der Waals surface area contributed by atoms with Crippen LogP contribution >= 0.6 is 0 Å². The Kier molecular flexibility index (Phi) is 2.78. The number of anilines is 1. The van der Waals surface area contributed by atoms with E-state index >= 15 is 0 Å². The summed E-state index contributed by atoms with van der Waals surface area (Å²) in [6.07, 6.45) is 3.15. The van der Waals surface area contributed by atoms with Gasteiger partial charge in [0.15, 0.2) is 17.2 Å². The Morgan fingerprint density at radius 1 is 1.44 bits per heavy atom. The minimum absolute atomic E-state index is 0.219. The molecule has 0 unspecified atom stereocenters. The molecule has 84 valence electrons. The molecule has 0 aliphatic rings. The quantitative estimate of drug-likeness (QED) is 0.711. The van der Waals surface area contributed by atoms with Gasteiger partial charge >= 0.3 is 0 Å². The number of ketones is 1. The van der Waals surface area contributed by atoms with Crippen LogP contribution in [0.5, 0.6) is 0 Å². The molecule has 0 radical (unpaired) electrons. The topological polar surface area (TPSA) is 107 Å². The summed E-state index contributed by atoms with van der Waals surface area (Å²) >= 11 is 0. The normalized spacial score (nSPS) is 10.8. The maximum absolute atomic E-state index is 11.0. The van der Waals surface area contributed by atoms with Crippen LogP contribution in [0.4, 0.5) is 5.82 Å². The molecule has 0 bridgehead atoms. The Hall–Kier alpha value is -2.02. The average Bonchev–Trinajstić information content (AvgIpc) is 2.70. The van der Waals surface area contributed by atoms with E-state index in [9.17, 15) is 4.79 Å². The van der Waals surface area contributed by atoms with Gasteiger partial charge in [-0.25, -0.2) is 15.0 Å². The van der Waals surface area contributed by atoms with Crippen molar-refractivity contribution in [3.63, 3.8) is 0 Å². The van der Waals surface area contributed by atoms with Crippen LogP contribution in [0.1, 0.15) is 6.42 Å². The molecule has 7 nitrogen and oxygen atoms in total. The van der Waals surface area contributed by atoms with Gasteiger partial charge in [0.2, 0.25) is 0 Å². The lowest BCUT2D eigenvalue weighted by Gasteiger charge is -2.01. The number of hydrogen-bond acceptors (Lipinski definition) is 6. The number of aromatic nitrogens is 4. The molecular formula is C9H11N5O2. The Labute approximate surface area is 90.9 Å². The van der Waals surface area contributed by atoms with E-state index in [-0.39, 0.29) is 12.2 Å². The van der Waals surface area contributed by atoms with Crippen molar-refractivity contribution in [2.75, 3.05) is 12.3 Å². The standard InChI is InChI=1S/C9H11N5O2/c10-8-7-9(12-4-11-8)14(5-13-7)2-1-6(16)3-15/h4-5,15H,1-3H2,(H2,10,11,12). The summed E-state index contributed by atoms with van der Waals surface area (Å²) in [6.45, 7) is -0.0178. The summed E-state index contributed by atoms with van der Waals surface area (Å²) < 4.78 is 1.71. The zero-order valence-electron chi connectivity index (χ0n) is 8.50. The fourth-order valence-corrected chi connectivity index (χ4v) is 1.39. The predicted octanol–water partition coefficient (Wildman–Crippen LogP) is -0.640. The highest BCUT2D eigenvalue weighted by Crippen LogP contribution is 2.14. The van der Waals surface area contributed by atoms with E-state index in [1.165, 1.54) is 6.33 Å². The van der Waals surface area contributed by atoms with E-state index in [4.69, 9.17) is 10.8 Å². The van der Waals surface area contributed by atoms with Crippen LogP contribution in [-0.2, 0) is 11.3 Å². The minimum Gasteiger partial charge on any atom is -0.389 e. The molecule has 2 rings (SSSR count). The molecule has 0 atom stereocenters. The summed E-state index contributed by atoms with van der Waals surface area (Å²) in [5.74, 6) is 0.0983. The fourth-order valence-electron chi connectivity index (χ4n) is 1.39. The van der Waals surface area contributed by atoms with Gasteiger partial charge in [0.25, 0.3) is 0 Å². The van der Waals surface area contributed by atoms with Crippen molar-refractivity contribution < 1.29 is 9.90 Å². The van der Waals surface area contributed by atoms with E-state index in [0.29, 0.717) is 23.5 Å². The van der Waals surface area contributed by atoms with E-state index in [2.05, 4.69) is 15.0 Å². The minimum atomic E-state index is -0.441. The lowest BCUT2D eigenvalue weighted by atomic mass is 10.3. The van der Waals surface area contributed by atoms with Gasteiger partial charge in [0, 0.05) is 13.0 Å². The van der Waals surface area contributed by atoms with Gasteiger partial charge in [-0.3, -0.25) is 4.79 Å². The maximum Gasteiger partial charge on any atom is 0.165 e. The van der Waals surface area contributed by atoms with Crippen LogP contribution in [0.15, 0.2) is 12.7 Å². The van der Waals surface area contributed by atoms with Gasteiger partial charge in [-0.2, -0.15) is 0 Å². The van der Waals surface area contributed by atoms with Crippen molar-refractivity contribution in [2.24, 2.45) is 0 Å². The van der Waals surface area contributed by atoms with Crippen molar-refractivity contribution in [2.45, 2.75) is 13.0 Å².